The van der Waals surface area contributed by atoms with Crippen LogP contribution in [0.2, 0.25) is 0 Å². The number of allylic oxidation sites excluding steroid dienone is 1. The summed E-state index contributed by atoms with van der Waals surface area (Å²) in [4.78, 5) is 8.06. The quantitative estimate of drug-likeness (QED) is 0.448. The van der Waals surface area contributed by atoms with Gasteiger partial charge in [0.2, 0.25) is 5.75 Å². The van der Waals surface area contributed by atoms with Crippen LogP contribution in [0.4, 0.5) is 5.69 Å². The minimum Gasteiger partial charge on any atom is -0.493 e. The standard InChI is InChI=1S/C26H22N2O3/c1-29-23-12-16(13-24(30-2)26(23)31-3)25(19-14-27-21-10-6-4-8-17(19)21)20-15-28-22-11-7-5-9-18(20)22/h4-15,27H,1-3H3/b25-20+. The molecule has 5 heteroatoms. The van der Waals surface area contributed by atoms with Crippen molar-refractivity contribution in [3.05, 3.63) is 83.6 Å². The molecule has 1 N–H and O–H groups in total. The zero-order chi connectivity index (χ0) is 21.4. The Morgan fingerprint density at radius 3 is 2.29 bits per heavy atom. The molecule has 0 fully saturated rings. The molecule has 1 aliphatic heterocycles. The number of benzene rings is 3. The van der Waals surface area contributed by atoms with Gasteiger partial charge in [0.25, 0.3) is 0 Å². The maximum atomic E-state index is 5.64. The molecule has 4 aromatic rings. The first-order valence-corrected chi connectivity index (χ1v) is 9.99. The van der Waals surface area contributed by atoms with Gasteiger partial charge in [-0.2, -0.15) is 0 Å². The van der Waals surface area contributed by atoms with Crippen molar-refractivity contribution in [1.29, 1.82) is 0 Å². The van der Waals surface area contributed by atoms with Crippen LogP contribution < -0.4 is 14.2 Å². The van der Waals surface area contributed by atoms with Crippen molar-refractivity contribution < 1.29 is 14.2 Å². The fraction of sp³-hybridized carbons (Fsp3) is 0.115. The highest BCUT2D eigenvalue weighted by atomic mass is 16.5. The van der Waals surface area contributed by atoms with Gasteiger partial charge in [-0.05, 0) is 29.8 Å². The molecule has 0 spiro atoms. The number of rotatable bonds is 5. The largest absolute Gasteiger partial charge is 0.493 e. The monoisotopic (exact) mass is 410 g/mol. The number of para-hydroxylation sites is 2. The molecular weight excluding hydrogens is 388 g/mol. The van der Waals surface area contributed by atoms with Crippen LogP contribution in [0.25, 0.3) is 22.0 Å². The topological polar surface area (TPSA) is 55.8 Å². The molecule has 0 saturated heterocycles. The first-order chi connectivity index (χ1) is 15.2. The molecular formula is C26H22N2O3. The van der Waals surface area contributed by atoms with Crippen LogP contribution in [0.3, 0.4) is 0 Å². The van der Waals surface area contributed by atoms with E-state index in [0.29, 0.717) is 17.2 Å². The van der Waals surface area contributed by atoms with Crippen molar-refractivity contribution in [2.75, 3.05) is 21.3 Å². The van der Waals surface area contributed by atoms with Crippen LogP contribution >= 0.6 is 0 Å². The lowest BCUT2D eigenvalue weighted by atomic mass is 9.89. The molecule has 154 valence electrons. The Morgan fingerprint density at radius 2 is 1.55 bits per heavy atom. The minimum absolute atomic E-state index is 0.567. The molecule has 0 bridgehead atoms. The summed E-state index contributed by atoms with van der Waals surface area (Å²) in [6, 6.07) is 20.4. The van der Waals surface area contributed by atoms with Gasteiger partial charge in [0.05, 0.1) is 27.0 Å². The van der Waals surface area contributed by atoms with E-state index in [0.717, 1.165) is 44.4 Å². The fourth-order valence-corrected chi connectivity index (χ4v) is 4.18. The van der Waals surface area contributed by atoms with E-state index in [4.69, 9.17) is 14.2 Å². The molecule has 5 rings (SSSR count). The van der Waals surface area contributed by atoms with Crippen molar-refractivity contribution in [1.82, 2.24) is 4.98 Å². The summed E-state index contributed by atoms with van der Waals surface area (Å²) in [6.45, 7) is 0. The molecule has 0 aliphatic carbocycles. The van der Waals surface area contributed by atoms with Crippen molar-refractivity contribution in [2.45, 2.75) is 0 Å². The number of aliphatic imine (C=N–C) groups is 1. The zero-order valence-electron chi connectivity index (χ0n) is 17.6. The minimum atomic E-state index is 0.567. The predicted molar refractivity (Wildman–Crippen MR) is 125 cm³/mol. The summed E-state index contributed by atoms with van der Waals surface area (Å²) in [5.41, 5.74) is 7.27. The van der Waals surface area contributed by atoms with Crippen molar-refractivity contribution in [2.24, 2.45) is 4.99 Å². The number of nitrogens with one attached hydrogen (secondary N) is 1. The molecule has 0 amide bonds. The van der Waals surface area contributed by atoms with Gasteiger partial charge in [-0.3, -0.25) is 4.99 Å². The van der Waals surface area contributed by atoms with Crippen molar-refractivity contribution in [3.63, 3.8) is 0 Å². The molecule has 1 aromatic heterocycles. The third-order valence-corrected chi connectivity index (χ3v) is 5.61. The number of hydrogen-bond donors (Lipinski definition) is 1. The highest BCUT2D eigenvalue weighted by Crippen LogP contribution is 2.45. The Morgan fingerprint density at radius 1 is 0.839 bits per heavy atom. The molecule has 31 heavy (non-hydrogen) atoms. The van der Waals surface area contributed by atoms with Crippen LogP contribution in [-0.4, -0.2) is 32.5 Å². The third-order valence-electron chi connectivity index (χ3n) is 5.61. The van der Waals surface area contributed by atoms with E-state index < -0.39 is 0 Å². The Labute approximate surface area is 180 Å². The van der Waals surface area contributed by atoms with Crippen molar-refractivity contribution in [3.8, 4) is 17.2 Å². The average molecular weight is 410 g/mol. The number of aromatic nitrogens is 1. The van der Waals surface area contributed by atoms with E-state index in [2.05, 4.69) is 28.2 Å². The molecule has 3 aromatic carbocycles. The van der Waals surface area contributed by atoms with Gasteiger partial charge in [0, 0.05) is 45.6 Å². The molecule has 2 heterocycles. The molecule has 0 saturated carbocycles. The van der Waals surface area contributed by atoms with Crippen LogP contribution in [0.1, 0.15) is 16.7 Å². The normalized spacial score (nSPS) is 13.9. The van der Waals surface area contributed by atoms with Crippen molar-refractivity contribution >= 4 is 34.0 Å². The first kappa shape index (κ1) is 19.0. The SMILES string of the molecule is COc1cc(/C(=C2/C=Nc3ccccc32)c2c[nH]c3ccccc23)cc(OC)c1OC. The zero-order valence-corrected chi connectivity index (χ0v) is 17.6. The Kier molecular flexibility index (Phi) is 4.71. The van der Waals surface area contributed by atoms with Gasteiger partial charge in [-0.15, -0.1) is 0 Å². The molecule has 0 unspecified atom stereocenters. The smallest absolute Gasteiger partial charge is 0.203 e. The first-order valence-electron chi connectivity index (χ1n) is 9.99. The number of methoxy groups -OCH3 is 3. The lowest BCUT2D eigenvalue weighted by molar-refractivity contribution is 0.324. The highest BCUT2D eigenvalue weighted by Gasteiger charge is 2.23. The van der Waals surface area contributed by atoms with Gasteiger partial charge < -0.3 is 19.2 Å². The molecule has 0 radical (unpaired) electrons. The summed E-state index contributed by atoms with van der Waals surface area (Å²) in [5.74, 6) is 1.79. The summed E-state index contributed by atoms with van der Waals surface area (Å²) in [7, 11) is 4.87. The Bertz CT molecular complexity index is 1320. The fourth-order valence-electron chi connectivity index (χ4n) is 4.18. The van der Waals surface area contributed by atoms with E-state index in [1.807, 2.05) is 54.9 Å². The lowest BCUT2D eigenvalue weighted by Crippen LogP contribution is -1.99. The maximum absolute atomic E-state index is 5.64. The molecule has 5 nitrogen and oxygen atoms in total. The second kappa shape index (κ2) is 7.69. The summed E-state index contributed by atoms with van der Waals surface area (Å²) >= 11 is 0. The predicted octanol–water partition coefficient (Wildman–Crippen LogP) is 5.87. The van der Waals surface area contributed by atoms with Gasteiger partial charge in [-0.25, -0.2) is 0 Å². The van der Waals surface area contributed by atoms with E-state index in [1.54, 1.807) is 21.3 Å². The maximum Gasteiger partial charge on any atom is 0.203 e. The number of hydrogen-bond acceptors (Lipinski definition) is 4. The highest BCUT2D eigenvalue weighted by molar-refractivity contribution is 6.27. The number of H-pyrrole nitrogens is 1. The number of fused-ring (bicyclic) bond motifs is 2. The number of aromatic amines is 1. The Balaban J connectivity index is 1.86. The summed E-state index contributed by atoms with van der Waals surface area (Å²) < 4.78 is 16.8. The van der Waals surface area contributed by atoms with E-state index >= 15 is 0 Å². The van der Waals surface area contributed by atoms with Crippen LogP contribution in [-0.2, 0) is 0 Å². The molecule has 1 aliphatic rings. The van der Waals surface area contributed by atoms with E-state index in [1.165, 1.54) is 0 Å². The van der Waals surface area contributed by atoms with E-state index in [-0.39, 0.29) is 0 Å². The van der Waals surface area contributed by atoms with Crippen LogP contribution in [0.5, 0.6) is 17.2 Å². The molecule has 0 atom stereocenters. The summed E-state index contributed by atoms with van der Waals surface area (Å²) in [5, 5.41) is 1.14. The average Bonchev–Trinajstić information content (AvgIpc) is 3.44. The van der Waals surface area contributed by atoms with Gasteiger partial charge in [0.1, 0.15) is 0 Å². The second-order valence-corrected chi connectivity index (χ2v) is 7.23. The van der Waals surface area contributed by atoms with Gasteiger partial charge in [0.15, 0.2) is 11.5 Å². The number of ether oxygens (including phenoxy) is 3. The van der Waals surface area contributed by atoms with E-state index in [9.17, 15) is 0 Å². The Hall–Kier alpha value is -3.99. The lowest BCUT2D eigenvalue weighted by Gasteiger charge is -2.17. The van der Waals surface area contributed by atoms with Gasteiger partial charge in [-0.1, -0.05) is 36.4 Å². The summed E-state index contributed by atoms with van der Waals surface area (Å²) in [6.07, 6.45) is 3.98. The van der Waals surface area contributed by atoms with Gasteiger partial charge >= 0.3 is 0 Å². The third kappa shape index (κ3) is 3.06. The second-order valence-electron chi connectivity index (χ2n) is 7.23. The van der Waals surface area contributed by atoms with Crippen LogP contribution in [0, 0.1) is 0 Å². The van der Waals surface area contributed by atoms with Crippen LogP contribution in [0.15, 0.2) is 71.9 Å². The number of nitrogens with zero attached hydrogens (tertiary/aromatic N) is 1.